The summed E-state index contributed by atoms with van der Waals surface area (Å²) in [4.78, 5) is 24.3. The van der Waals surface area contributed by atoms with Crippen molar-refractivity contribution in [3.63, 3.8) is 0 Å². The number of rotatable bonds is 6. The van der Waals surface area contributed by atoms with Gasteiger partial charge < -0.3 is 15.4 Å². The number of aromatic amines is 2. The topological polar surface area (TPSA) is 128 Å². The van der Waals surface area contributed by atoms with Crippen molar-refractivity contribution >= 4 is 39.2 Å². The standard InChI is InChI=1S/C26H22N8OS/c1-13-2-7-20(36-13)17-8-9-28-24-21(17)31-25(32-24)23-22-19(33-34-23)6-5-18(30-22)15-10-16(12-27-11-15)29-26(35)14-3-4-14/h2,5-12,14,26,29,35H,3-4H2,1H3,(H,33,34)(H,28,31,32). The molecule has 0 saturated heterocycles. The van der Waals surface area contributed by atoms with Crippen LogP contribution in [0, 0.1) is 12.8 Å². The van der Waals surface area contributed by atoms with Crippen molar-refractivity contribution in [2.24, 2.45) is 5.92 Å². The zero-order valence-corrected chi connectivity index (χ0v) is 20.2. The number of aromatic nitrogens is 7. The number of aryl methyl sites for hydroxylation is 1. The third kappa shape index (κ3) is 3.71. The molecule has 9 nitrogen and oxygen atoms in total. The maximum Gasteiger partial charge on any atom is 0.162 e. The van der Waals surface area contributed by atoms with Gasteiger partial charge in [-0.25, -0.2) is 15.0 Å². The first-order chi connectivity index (χ1) is 17.6. The van der Waals surface area contributed by atoms with Crippen LogP contribution in [0.25, 0.3) is 55.4 Å². The van der Waals surface area contributed by atoms with Crippen molar-refractivity contribution in [2.45, 2.75) is 26.0 Å². The fourth-order valence-corrected chi connectivity index (χ4v) is 5.28. The van der Waals surface area contributed by atoms with E-state index in [0.29, 0.717) is 28.6 Å². The quantitative estimate of drug-likeness (QED) is 0.236. The molecule has 0 spiro atoms. The van der Waals surface area contributed by atoms with Crippen LogP contribution in [0.15, 0.2) is 55.0 Å². The lowest BCUT2D eigenvalue weighted by atomic mass is 10.1. The molecular formula is C26H22N8OS. The van der Waals surface area contributed by atoms with Gasteiger partial charge in [-0.05, 0) is 56.2 Å². The summed E-state index contributed by atoms with van der Waals surface area (Å²) in [6, 6.07) is 12.0. The van der Waals surface area contributed by atoms with Crippen molar-refractivity contribution in [3.8, 4) is 33.2 Å². The lowest BCUT2D eigenvalue weighted by Gasteiger charge is -2.13. The van der Waals surface area contributed by atoms with Crippen LogP contribution in [-0.4, -0.2) is 46.5 Å². The molecule has 0 aromatic carbocycles. The first-order valence-corrected chi connectivity index (χ1v) is 12.6. The molecule has 1 atom stereocenters. The number of hydrogen-bond donors (Lipinski definition) is 4. The minimum absolute atomic E-state index is 0.319. The average Bonchev–Trinajstić information content (AvgIpc) is 3.30. The molecule has 1 aliphatic rings. The molecule has 178 valence electrons. The zero-order chi connectivity index (χ0) is 24.2. The Balaban J connectivity index is 1.28. The van der Waals surface area contributed by atoms with E-state index in [2.05, 4.69) is 49.5 Å². The molecule has 0 amide bonds. The summed E-state index contributed by atoms with van der Waals surface area (Å²) < 4.78 is 0. The highest BCUT2D eigenvalue weighted by Gasteiger charge is 2.29. The molecule has 4 N–H and O–H groups in total. The second-order valence-electron chi connectivity index (χ2n) is 9.11. The van der Waals surface area contributed by atoms with E-state index < -0.39 is 6.23 Å². The maximum atomic E-state index is 10.3. The summed E-state index contributed by atoms with van der Waals surface area (Å²) in [5, 5.41) is 21.0. The van der Waals surface area contributed by atoms with E-state index >= 15 is 0 Å². The highest BCUT2D eigenvalue weighted by atomic mass is 32.1. The Morgan fingerprint density at radius 3 is 2.83 bits per heavy atom. The van der Waals surface area contributed by atoms with Crippen LogP contribution in [0.4, 0.5) is 5.69 Å². The summed E-state index contributed by atoms with van der Waals surface area (Å²) in [7, 11) is 0. The highest BCUT2D eigenvalue weighted by Crippen LogP contribution is 2.35. The lowest BCUT2D eigenvalue weighted by molar-refractivity contribution is 0.180. The predicted octanol–water partition coefficient (Wildman–Crippen LogP) is 5.14. The van der Waals surface area contributed by atoms with Gasteiger partial charge in [0.25, 0.3) is 0 Å². The number of H-pyrrole nitrogens is 2. The fraction of sp³-hybridized carbons (Fsp3) is 0.192. The summed E-state index contributed by atoms with van der Waals surface area (Å²) in [5.74, 6) is 0.925. The molecule has 1 saturated carbocycles. The number of anilines is 1. The van der Waals surface area contributed by atoms with Gasteiger partial charge >= 0.3 is 0 Å². The monoisotopic (exact) mass is 494 g/mol. The molecule has 0 aliphatic heterocycles. The molecule has 1 fully saturated rings. The number of aliphatic hydroxyl groups excluding tert-OH is 1. The number of fused-ring (bicyclic) bond motifs is 2. The van der Waals surface area contributed by atoms with Crippen LogP contribution < -0.4 is 5.32 Å². The van der Waals surface area contributed by atoms with Crippen LogP contribution in [0.5, 0.6) is 0 Å². The van der Waals surface area contributed by atoms with Gasteiger partial charge in [-0.1, -0.05) is 0 Å². The summed E-state index contributed by atoms with van der Waals surface area (Å²) >= 11 is 1.73. The number of nitrogens with one attached hydrogen (secondary N) is 3. The van der Waals surface area contributed by atoms with Gasteiger partial charge in [0.15, 0.2) is 17.2 Å². The predicted molar refractivity (Wildman–Crippen MR) is 140 cm³/mol. The molecule has 7 rings (SSSR count). The van der Waals surface area contributed by atoms with Crippen molar-refractivity contribution in [3.05, 3.63) is 59.9 Å². The average molecular weight is 495 g/mol. The second kappa shape index (κ2) is 8.21. The Bertz CT molecular complexity index is 1730. The van der Waals surface area contributed by atoms with Crippen molar-refractivity contribution < 1.29 is 5.11 Å². The SMILES string of the molecule is Cc1ccc(-c2ccnc3[nH]c(-c4n[nH]c5ccc(-c6cncc(NC(O)C7CC7)c6)nc45)nc23)s1. The fourth-order valence-electron chi connectivity index (χ4n) is 4.39. The Kier molecular flexibility index (Phi) is 4.83. The van der Waals surface area contributed by atoms with Crippen molar-refractivity contribution in [2.75, 3.05) is 5.32 Å². The van der Waals surface area contributed by atoms with E-state index in [-0.39, 0.29) is 0 Å². The Morgan fingerprint density at radius 2 is 2.00 bits per heavy atom. The number of hydrogen-bond acceptors (Lipinski definition) is 8. The lowest BCUT2D eigenvalue weighted by Crippen LogP contribution is -2.20. The van der Waals surface area contributed by atoms with E-state index in [1.807, 2.05) is 24.3 Å². The number of pyridine rings is 3. The van der Waals surface area contributed by atoms with Gasteiger partial charge in [0.1, 0.15) is 17.3 Å². The summed E-state index contributed by atoms with van der Waals surface area (Å²) in [5.41, 5.74) is 7.06. The number of thiophene rings is 1. The van der Waals surface area contributed by atoms with E-state index in [1.165, 1.54) is 4.88 Å². The summed E-state index contributed by atoms with van der Waals surface area (Å²) in [6.07, 6.45) is 6.82. The third-order valence-corrected chi connectivity index (χ3v) is 7.47. The molecule has 1 unspecified atom stereocenters. The van der Waals surface area contributed by atoms with E-state index in [0.717, 1.165) is 51.3 Å². The van der Waals surface area contributed by atoms with E-state index in [1.54, 1.807) is 29.9 Å². The van der Waals surface area contributed by atoms with Crippen LogP contribution in [0.1, 0.15) is 17.7 Å². The van der Waals surface area contributed by atoms with Gasteiger partial charge in [-0.15, -0.1) is 11.3 Å². The Hall–Kier alpha value is -4.15. The minimum atomic E-state index is -0.553. The second-order valence-corrected chi connectivity index (χ2v) is 10.4. The van der Waals surface area contributed by atoms with Gasteiger partial charge in [-0.3, -0.25) is 10.1 Å². The molecule has 6 heterocycles. The number of aliphatic hydroxyl groups is 1. The molecule has 36 heavy (non-hydrogen) atoms. The summed E-state index contributed by atoms with van der Waals surface area (Å²) in [6.45, 7) is 2.10. The molecule has 0 radical (unpaired) electrons. The normalized spacial score (nSPS) is 14.5. The van der Waals surface area contributed by atoms with Gasteiger partial charge in [0, 0.05) is 39.2 Å². The molecule has 6 aromatic rings. The molecular weight excluding hydrogens is 472 g/mol. The maximum absolute atomic E-state index is 10.3. The molecule has 0 bridgehead atoms. The van der Waals surface area contributed by atoms with E-state index in [9.17, 15) is 5.11 Å². The van der Waals surface area contributed by atoms with Crippen molar-refractivity contribution in [1.29, 1.82) is 0 Å². The Labute approximate surface area is 209 Å². The van der Waals surface area contributed by atoms with E-state index in [4.69, 9.17) is 9.97 Å². The Morgan fingerprint density at radius 1 is 1.08 bits per heavy atom. The number of imidazole rings is 1. The first kappa shape index (κ1) is 21.2. The van der Waals surface area contributed by atoms with Gasteiger partial charge in [-0.2, -0.15) is 5.10 Å². The van der Waals surface area contributed by atoms with Gasteiger partial charge in [0.2, 0.25) is 0 Å². The highest BCUT2D eigenvalue weighted by molar-refractivity contribution is 7.15. The smallest absolute Gasteiger partial charge is 0.162 e. The molecule has 10 heteroatoms. The van der Waals surface area contributed by atoms with Crippen LogP contribution in [0.3, 0.4) is 0 Å². The minimum Gasteiger partial charge on any atom is -0.374 e. The third-order valence-electron chi connectivity index (χ3n) is 6.44. The largest absolute Gasteiger partial charge is 0.374 e. The molecule has 6 aromatic heterocycles. The van der Waals surface area contributed by atoms with Crippen molar-refractivity contribution in [1.82, 2.24) is 35.1 Å². The first-order valence-electron chi connectivity index (χ1n) is 11.8. The van der Waals surface area contributed by atoms with Crippen LogP contribution >= 0.6 is 11.3 Å². The zero-order valence-electron chi connectivity index (χ0n) is 19.4. The van der Waals surface area contributed by atoms with Gasteiger partial charge in [0.05, 0.1) is 23.1 Å². The van der Waals surface area contributed by atoms with Crippen LogP contribution in [0.2, 0.25) is 0 Å². The van der Waals surface area contributed by atoms with Crippen LogP contribution in [-0.2, 0) is 0 Å². The molecule has 1 aliphatic carbocycles. The number of nitrogens with zero attached hydrogens (tertiary/aromatic N) is 5.